The Morgan fingerprint density at radius 2 is 1.56 bits per heavy atom. The molecule has 1 atom stereocenters. The summed E-state index contributed by atoms with van der Waals surface area (Å²) in [5.41, 5.74) is 3.57. The van der Waals surface area contributed by atoms with E-state index in [2.05, 4.69) is 65.5 Å². The molecule has 0 fully saturated rings. The molecule has 0 aromatic heterocycles. The molecule has 5 nitrogen and oxygen atoms in total. The van der Waals surface area contributed by atoms with Gasteiger partial charge < -0.3 is 25.0 Å². The number of hydrogen-bond donors (Lipinski definition) is 4. The van der Waals surface area contributed by atoms with Crippen molar-refractivity contribution in [3.63, 3.8) is 0 Å². The van der Waals surface area contributed by atoms with Crippen LogP contribution in [0.15, 0.2) is 77.7 Å². The second-order valence-corrected chi connectivity index (χ2v) is 8.01. The van der Waals surface area contributed by atoms with Crippen molar-refractivity contribution >= 4 is 17.6 Å². The minimum absolute atomic E-state index is 0.193. The third kappa shape index (κ3) is 9.64. The molecule has 0 heterocycles. The normalized spacial score (nSPS) is 11.2. The lowest BCUT2D eigenvalue weighted by molar-refractivity contribution is 0.106. The summed E-state index contributed by atoms with van der Waals surface area (Å²) < 4.78 is 8.86. The zero-order valence-electron chi connectivity index (χ0n) is 19.0. The SMILES string of the molecule is CC.Cc1ccc(SNc2ccc(CCNCC(O)COc3ccc(O)cc3)cc2)cc1. The van der Waals surface area contributed by atoms with E-state index in [-0.39, 0.29) is 12.4 Å². The predicted octanol–water partition coefficient (Wildman–Crippen LogP) is 5.42. The van der Waals surface area contributed by atoms with Crippen LogP contribution in [-0.2, 0) is 6.42 Å². The second kappa shape index (κ2) is 14.4. The smallest absolute Gasteiger partial charge is 0.119 e. The average Bonchev–Trinajstić information content (AvgIpc) is 2.83. The maximum absolute atomic E-state index is 10.0. The van der Waals surface area contributed by atoms with Gasteiger partial charge in [0.15, 0.2) is 0 Å². The fraction of sp³-hybridized carbons (Fsp3) is 0.308. The molecule has 0 aliphatic heterocycles. The minimum atomic E-state index is -0.593. The number of aliphatic hydroxyl groups is 1. The molecule has 3 aromatic carbocycles. The Bertz CT molecular complexity index is 884. The molecule has 6 heteroatoms. The topological polar surface area (TPSA) is 73.8 Å². The maximum atomic E-state index is 10.0. The van der Waals surface area contributed by atoms with Crippen LogP contribution >= 0.6 is 11.9 Å². The van der Waals surface area contributed by atoms with Crippen LogP contribution in [0.25, 0.3) is 0 Å². The number of phenols is 1. The summed E-state index contributed by atoms with van der Waals surface area (Å²) in [5.74, 6) is 0.819. The standard InChI is InChI=1S/C24H28N2O3S.C2H6/c1-18-2-12-24(13-3-18)30-26-20-6-4-19(5-7-20)14-15-25-16-22(28)17-29-23-10-8-21(27)9-11-23;1-2/h2-13,22,25-28H,14-17H2,1H3;1-2H3. The summed E-state index contributed by atoms with van der Waals surface area (Å²) in [5, 5.41) is 22.5. The lowest BCUT2D eigenvalue weighted by atomic mass is 10.1. The highest BCUT2D eigenvalue weighted by atomic mass is 32.2. The van der Waals surface area contributed by atoms with Gasteiger partial charge in [-0.25, -0.2) is 0 Å². The Labute approximate surface area is 196 Å². The minimum Gasteiger partial charge on any atom is -0.508 e. The zero-order valence-corrected chi connectivity index (χ0v) is 19.9. The summed E-state index contributed by atoms with van der Waals surface area (Å²) in [6.45, 7) is 7.53. The number of rotatable bonds is 11. The number of benzene rings is 3. The monoisotopic (exact) mass is 454 g/mol. The molecule has 0 saturated heterocycles. The van der Waals surface area contributed by atoms with Crippen molar-refractivity contribution in [2.24, 2.45) is 0 Å². The van der Waals surface area contributed by atoms with Crippen LogP contribution in [0.4, 0.5) is 5.69 Å². The van der Waals surface area contributed by atoms with Gasteiger partial charge in [-0.05, 0) is 85.9 Å². The van der Waals surface area contributed by atoms with Gasteiger partial charge in [-0.15, -0.1) is 0 Å². The number of phenolic OH excluding ortho intramolecular Hbond substituents is 1. The molecular weight excluding hydrogens is 420 g/mol. The van der Waals surface area contributed by atoms with Gasteiger partial charge in [0.2, 0.25) is 0 Å². The van der Waals surface area contributed by atoms with Gasteiger partial charge in [-0.1, -0.05) is 43.7 Å². The molecule has 32 heavy (non-hydrogen) atoms. The predicted molar refractivity (Wildman–Crippen MR) is 135 cm³/mol. The Kier molecular flexibility index (Phi) is 11.5. The molecule has 0 spiro atoms. The van der Waals surface area contributed by atoms with Crippen molar-refractivity contribution in [2.75, 3.05) is 24.4 Å². The van der Waals surface area contributed by atoms with E-state index in [0.29, 0.717) is 12.3 Å². The molecule has 1 unspecified atom stereocenters. The van der Waals surface area contributed by atoms with Crippen LogP contribution in [-0.4, -0.2) is 36.0 Å². The van der Waals surface area contributed by atoms with Crippen molar-refractivity contribution in [2.45, 2.75) is 38.2 Å². The van der Waals surface area contributed by atoms with Gasteiger partial charge in [0.05, 0.1) is 0 Å². The molecule has 0 aliphatic rings. The van der Waals surface area contributed by atoms with Gasteiger partial charge in [0, 0.05) is 17.1 Å². The van der Waals surface area contributed by atoms with E-state index in [1.54, 1.807) is 36.2 Å². The van der Waals surface area contributed by atoms with Crippen molar-refractivity contribution in [1.29, 1.82) is 0 Å². The van der Waals surface area contributed by atoms with Gasteiger partial charge in [0.25, 0.3) is 0 Å². The van der Waals surface area contributed by atoms with Gasteiger partial charge in [-0.3, -0.25) is 0 Å². The van der Waals surface area contributed by atoms with Crippen LogP contribution in [0.2, 0.25) is 0 Å². The van der Waals surface area contributed by atoms with Gasteiger partial charge in [0.1, 0.15) is 24.2 Å². The maximum Gasteiger partial charge on any atom is 0.119 e. The number of anilines is 1. The van der Waals surface area contributed by atoms with Gasteiger partial charge in [-0.2, -0.15) is 0 Å². The molecule has 0 amide bonds. The molecule has 0 aliphatic carbocycles. The molecule has 0 radical (unpaired) electrons. The molecule has 0 saturated carbocycles. The Balaban J connectivity index is 0.00000176. The Hall–Kier alpha value is -2.67. The summed E-state index contributed by atoms with van der Waals surface area (Å²) in [4.78, 5) is 1.18. The first-order valence-corrected chi connectivity index (χ1v) is 11.8. The summed E-state index contributed by atoms with van der Waals surface area (Å²) in [6, 6.07) is 23.3. The highest BCUT2D eigenvalue weighted by molar-refractivity contribution is 8.00. The van der Waals surface area contributed by atoms with Crippen molar-refractivity contribution in [1.82, 2.24) is 5.32 Å². The zero-order chi connectivity index (χ0) is 23.2. The highest BCUT2D eigenvalue weighted by Gasteiger charge is 2.05. The van der Waals surface area contributed by atoms with E-state index in [1.807, 2.05) is 13.8 Å². The van der Waals surface area contributed by atoms with Gasteiger partial charge >= 0.3 is 0 Å². The van der Waals surface area contributed by atoms with E-state index in [9.17, 15) is 10.2 Å². The molecule has 4 N–H and O–H groups in total. The summed E-state index contributed by atoms with van der Waals surface area (Å²) in [7, 11) is 0. The summed E-state index contributed by atoms with van der Waals surface area (Å²) >= 11 is 1.60. The number of ether oxygens (including phenoxy) is 1. The third-order valence-corrected chi connectivity index (χ3v) is 5.36. The van der Waals surface area contributed by atoms with Crippen LogP contribution in [0.5, 0.6) is 11.5 Å². The van der Waals surface area contributed by atoms with Crippen LogP contribution in [0, 0.1) is 6.92 Å². The fourth-order valence-electron chi connectivity index (χ4n) is 2.76. The lowest BCUT2D eigenvalue weighted by Gasteiger charge is -2.13. The number of aliphatic hydroxyl groups excluding tert-OH is 1. The average molecular weight is 455 g/mol. The van der Waals surface area contributed by atoms with E-state index in [4.69, 9.17) is 4.74 Å². The number of nitrogens with one attached hydrogen (secondary N) is 2. The molecule has 3 aromatic rings. The first kappa shape index (κ1) is 25.6. The first-order valence-electron chi connectivity index (χ1n) is 11.0. The molecule has 3 rings (SSSR count). The lowest BCUT2D eigenvalue weighted by Crippen LogP contribution is -2.32. The Morgan fingerprint density at radius 3 is 2.22 bits per heavy atom. The van der Waals surface area contributed by atoms with E-state index < -0.39 is 6.10 Å². The molecule has 0 bridgehead atoms. The van der Waals surface area contributed by atoms with Crippen LogP contribution < -0.4 is 14.8 Å². The van der Waals surface area contributed by atoms with E-state index >= 15 is 0 Å². The van der Waals surface area contributed by atoms with Crippen molar-refractivity contribution in [3.8, 4) is 11.5 Å². The quantitative estimate of drug-likeness (QED) is 0.229. The van der Waals surface area contributed by atoms with Crippen LogP contribution in [0.3, 0.4) is 0 Å². The van der Waals surface area contributed by atoms with Crippen molar-refractivity contribution < 1.29 is 14.9 Å². The molecular formula is C26H34N2O3S. The number of aromatic hydroxyl groups is 1. The van der Waals surface area contributed by atoms with E-state index in [1.165, 1.54) is 16.0 Å². The third-order valence-electron chi connectivity index (χ3n) is 4.51. The number of aryl methyl sites for hydroxylation is 1. The van der Waals surface area contributed by atoms with E-state index in [0.717, 1.165) is 18.7 Å². The number of hydrogen-bond acceptors (Lipinski definition) is 6. The molecule has 172 valence electrons. The first-order chi connectivity index (χ1) is 15.6. The Morgan fingerprint density at radius 1 is 0.906 bits per heavy atom. The largest absolute Gasteiger partial charge is 0.508 e. The van der Waals surface area contributed by atoms with Crippen molar-refractivity contribution in [3.05, 3.63) is 83.9 Å². The van der Waals surface area contributed by atoms with Crippen LogP contribution in [0.1, 0.15) is 25.0 Å². The highest BCUT2D eigenvalue weighted by Crippen LogP contribution is 2.21. The fourth-order valence-corrected chi connectivity index (χ4v) is 3.40. The second-order valence-electron chi connectivity index (χ2n) is 7.13. The summed E-state index contributed by atoms with van der Waals surface area (Å²) in [6.07, 6.45) is 0.292.